The van der Waals surface area contributed by atoms with E-state index >= 15 is 0 Å². The van der Waals surface area contributed by atoms with Crippen LogP contribution < -0.4 is 4.74 Å². The highest BCUT2D eigenvalue weighted by Gasteiger charge is 2.28. The summed E-state index contributed by atoms with van der Waals surface area (Å²) in [4.78, 5) is 22.8. The van der Waals surface area contributed by atoms with Crippen molar-refractivity contribution in [3.05, 3.63) is 57.4 Å². The molecule has 134 valence electrons. The molecule has 0 spiro atoms. The fourth-order valence-corrected chi connectivity index (χ4v) is 3.69. The van der Waals surface area contributed by atoms with Crippen LogP contribution >= 0.6 is 11.3 Å². The van der Waals surface area contributed by atoms with Crippen molar-refractivity contribution < 1.29 is 9.53 Å². The lowest BCUT2D eigenvalue weighted by molar-refractivity contribution is 0.0727. The highest BCUT2D eigenvalue weighted by molar-refractivity contribution is 7.07. The van der Waals surface area contributed by atoms with Crippen molar-refractivity contribution in [1.82, 2.24) is 24.6 Å². The summed E-state index contributed by atoms with van der Waals surface area (Å²) in [5, 5.41) is 6.38. The van der Waals surface area contributed by atoms with E-state index in [-0.39, 0.29) is 5.91 Å². The first-order valence-electron chi connectivity index (χ1n) is 8.38. The lowest BCUT2D eigenvalue weighted by Gasteiger charge is -2.27. The topological polar surface area (TPSA) is 73.1 Å². The van der Waals surface area contributed by atoms with Crippen LogP contribution in [0.1, 0.15) is 33.0 Å². The molecule has 0 atom stereocenters. The number of carbonyl (C=O) groups is 1. The first-order chi connectivity index (χ1) is 12.6. The Morgan fingerprint density at radius 3 is 3.04 bits per heavy atom. The minimum absolute atomic E-state index is 0.0343. The number of rotatable bonds is 4. The highest BCUT2D eigenvalue weighted by Crippen LogP contribution is 2.24. The fraction of sp³-hybridized carbons (Fsp3) is 0.333. The van der Waals surface area contributed by atoms with Crippen LogP contribution in [0.25, 0.3) is 0 Å². The molecule has 1 aliphatic heterocycles. The standard InChI is InChI=1S/C18H19N5O2S/c1-12-3-5-19-17(7-12)25-9-14-13-8-23(6-4-16(13)22(2)21-14)18(24)15-10-26-11-20-15/h3,5,7,10-11H,4,6,8-9H2,1-2H3. The van der Waals surface area contributed by atoms with Gasteiger partial charge in [-0.2, -0.15) is 5.10 Å². The van der Waals surface area contributed by atoms with Gasteiger partial charge >= 0.3 is 0 Å². The van der Waals surface area contributed by atoms with Crippen molar-refractivity contribution in [2.45, 2.75) is 26.5 Å². The second-order valence-corrected chi connectivity index (χ2v) is 7.02. The normalized spacial score (nSPS) is 13.5. The zero-order chi connectivity index (χ0) is 18.1. The van der Waals surface area contributed by atoms with Gasteiger partial charge in [-0.05, 0) is 18.6 Å². The number of hydrogen-bond acceptors (Lipinski definition) is 6. The molecule has 0 saturated carbocycles. The Kier molecular flexibility index (Phi) is 4.42. The second kappa shape index (κ2) is 6.87. The molecule has 8 heteroatoms. The molecule has 3 aromatic heterocycles. The smallest absolute Gasteiger partial charge is 0.273 e. The van der Waals surface area contributed by atoms with E-state index in [1.165, 1.54) is 11.3 Å². The molecule has 0 saturated heterocycles. The molecular weight excluding hydrogens is 350 g/mol. The summed E-state index contributed by atoms with van der Waals surface area (Å²) >= 11 is 1.43. The van der Waals surface area contributed by atoms with Crippen molar-refractivity contribution in [3.8, 4) is 5.88 Å². The van der Waals surface area contributed by atoms with Crippen LogP contribution in [0.15, 0.2) is 29.2 Å². The second-order valence-electron chi connectivity index (χ2n) is 6.31. The molecule has 0 aromatic carbocycles. The van der Waals surface area contributed by atoms with Crippen molar-refractivity contribution in [3.63, 3.8) is 0 Å². The zero-order valence-corrected chi connectivity index (χ0v) is 15.5. The Balaban J connectivity index is 1.53. The third kappa shape index (κ3) is 3.20. The summed E-state index contributed by atoms with van der Waals surface area (Å²) in [6.07, 6.45) is 2.50. The summed E-state index contributed by atoms with van der Waals surface area (Å²) in [5.41, 5.74) is 6.35. The summed E-state index contributed by atoms with van der Waals surface area (Å²) in [6, 6.07) is 3.82. The third-order valence-electron chi connectivity index (χ3n) is 4.51. The van der Waals surface area contributed by atoms with E-state index in [2.05, 4.69) is 15.1 Å². The summed E-state index contributed by atoms with van der Waals surface area (Å²) < 4.78 is 7.71. The maximum Gasteiger partial charge on any atom is 0.273 e. The van der Waals surface area contributed by atoms with Gasteiger partial charge in [-0.1, -0.05) is 0 Å². The van der Waals surface area contributed by atoms with Gasteiger partial charge in [0.15, 0.2) is 0 Å². The lowest BCUT2D eigenvalue weighted by atomic mass is 10.0. The summed E-state index contributed by atoms with van der Waals surface area (Å²) in [5.74, 6) is 0.545. The van der Waals surface area contributed by atoms with E-state index < -0.39 is 0 Å². The number of hydrogen-bond donors (Lipinski definition) is 0. The molecule has 0 fully saturated rings. The van der Waals surface area contributed by atoms with Gasteiger partial charge in [0.25, 0.3) is 5.91 Å². The molecule has 0 aliphatic carbocycles. The number of carbonyl (C=O) groups excluding carboxylic acids is 1. The van der Waals surface area contributed by atoms with E-state index in [1.54, 1.807) is 17.1 Å². The van der Waals surface area contributed by atoms with E-state index in [4.69, 9.17) is 4.74 Å². The first-order valence-corrected chi connectivity index (χ1v) is 9.32. The molecule has 0 unspecified atom stereocenters. The fourth-order valence-electron chi connectivity index (χ4n) is 3.17. The third-order valence-corrected chi connectivity index (χ3v) is 5.10. The number of aryl methyl sites for hydroxylation is 2. The van der Waals surface area contributed by atoms with Crippen LogP contribution in [0.4, 0.5) is 0 Å². The molecule has 3 aromatic rings. The molecule has 0 bridgehead atoms. The monoisotopic (exact) mass is 369 g/mol. The average molecular weight is 369 g/mol. The molecule has 0 radical (unpaired) electrons. The predicted molar refractivity (Wildman–Crippen MR) is 97.1 cm³/mol. The zero-order valence-electron chi connectivity index (χ0n) is 14.7. The number of ether oxygens (including phenoxy) is 1. The number of amides is 1. The van der Waals surface area contributed by atoms with Gasteiger partial charge in [0.2, 0.25) is 5.88 Å². The van der Waals surface area contributed by atoms with E-state index in [0.29, 0.717) is 31.3 Å². The van der Waals surface area contributed by atoms with Gasteiger partial charge in [-0.15, -0.1) is 11.3 Å². The van der Waals surface area contributed by atoms with Crippen molar-refractivity contribution in [2.75, 3.05) is 6.54 Å². The Labute approximate surface area is 155 Å². The predicted octanol–water partition coefficient (Wildman–Crippen LogP) is 2.36. The molecule has 4 rings (SSSR count). The van der Waals surface area contributed by atoms with Gasteiger partial charge in [0.1, 0.15) is 18.0 Å². The maximum absolute atomic E-state index is 12.6. The van der Waals surface area contributed by atoms with Crippen molar-refractivity contribution >= 4 is 17.2 Å². The molecule has 7 nitrogen and oxygen atoms in total. The van der Waals surface area contributed by atoms with Crippen LogP contribution in [0.2, 0.25) is 0 Å². The minimum Gasteiger partial charge on any atom is -0.471 e. The molecule has 1 amide bonds. The number of nitrogens with zero attached hydrogens (tertiary/aromatic N) is 5. The molecule has 4 heterocycles. The highest BCUT2D eigenvalue weighted by atomic mass is 32.1. The lowest BCUT2D eigenvalue weighted by Crippen LogP contribution is -2.36. The Hall–Kier alpha value is -2.74. The van der Waals surface area contributed by atoms with Crippen LogP contribution in [-0.4, -0.2) is 37.1 Å². The molecule has 26 heavy (non-hydrogen) atoms. The maximum atomic E-state index is 12.6. The van der Waals surface area contributed by atoms with Crippen LogP contribution in [0, 0.1) is 6.92 Å². The van der Waals surface area contributed by atoms with Crippen molar-refractivity contribution in [1.29, 1.82) is 0 Å². The van der Waals surface area contributed by atoms with Gasteiger partial charge in [0.05, 0.1) is 5.51 Å². The largest absolute Gasteiger partial charge is 0.471 e. The van der Waals surface area contributed by atoms with Crippen LogP contribution in [-0.2, 0) is 26.6 Å². The SMILES string of the molecule is Cc1ccnc(OCc2nn(C)c3c2CN(C(=O)c2cscn2)CC3)c1. The quantitative estimate of drug-likeness (QED) is 0.706. The Bertz CT molecular complexity index is 935. The van der Waals surface area contributed by atoms with Gasteiger partial charge in [0, 0.05) is 55.5 Å². The molecular formula is C18H19N5O2S. The van der Waals surface area contributed by atoms with Crippen LogP contribution in [0.3, 0.4) is 0 Å². The van der Waals surface area contributed by atoms with Gasteiger partial charge in [-0.25, -0.2) is 9.97 Å². The van der Waals surface area contributed by atoms with E-state index in [9.17, 15) is 4.79 Å². The summed E-state index contributed by atoms with van der Waals surface area (Å²) in [6.45, 7) is 3.53. The molecule has 0 N–H and O–H groups in total. The number of thiazole rings is 1. The number of pyridine rings is 1. The first kappa shape index (κ1) is 16.7. The van der Waals surface area contributed by atoms with E-state index in [0.717, 1.165) is 28.9 Å². The summed E-state index contributed by atoms with van der Waals surface area (Å²) in [7, 11) is 1.94. The Morgan fingerprint density at radius 2 is 2.27 bits per heavy atom. The van der Waals surface area contributed by atoms with Gasteiger partial charge in [-0.3, -0.25) is 9.48 Å². The molecule has 1 aliphatic rings. The average Bonchev–Trinajstić information content (AvgIpc) is 3.28. The van der Waals surface area contributed by atoms with Crippen molar-refractivity contribution in [2.24, 2.45) is 7.05 Å². The minimum atomic E-state index is -0.0343. The number of aromatic nitrogens is 4. The number of fused-ring (bicyclic) bond motifs is 1. The van der Waals surface area contributed by atoms with Gasteiger partial charge < -0.3 is 9.64 Å². The van der Waals surface area contributed by atoms with E-state index in [1.807, 2.05) is 35.7 Å². The van der Waals surface area contributed by atoms with Crippen LogP contribution in [0.5, 0.6) is 5.88 Å². The Morgan fingerprint density at radius 1 is 1.38 bits per heavy atom.